The molecule has 0 bridgehead atoms. The summed E-state index contributed by atoms with van der Waals surface area (Å²) in [6.07, 6.45) is 10.8. The van der Waals surface area contributed by atoms with Crippen LogP contribution in [0.4, 0.5) is 11.4 Å². The Morgan fingerprint density at radius 2 is 1.89 bits per heavy atom. The van der Waals surface area contributed by atoms with E-state index in [1.165, 1.54) is 16.8 Å². The van der Waals surface area contributed by atoms with Gasteiger partial charge in [-0.3, -0.25) is 0 Å². The summed E-state index contributed by atoms with van der Waals surface area (Å²) in [7, 11) is 0. The summed E-state index contributed by atoms with van der Waals surface area (Å²) in [5.74, 6) is 2.71. The molecule has 0 fully saturated rings. The monoisotopic (exact) mass is 245 g/mol. The van der Waals surface area contributed by atoms with Gasteiger partial charge in [-0.1, -0.05) is 35.8 Å². The van der Waals surface area contributed by atoms with E-state index in [9.17, 15) is 0 Å². The summed E-state index contributed by atoms with van der Waals surface area (Å²) < 4.78 is 0. The Labute approximate surface area is 114 Å². The van der Waals surface area contributed by atoms with Crippen LogP contribution in [0.25, 0.3) is 0 Å². The van der Waals surface area contributed by atoms with Crippen LogP contribution in [0.15, 0.2) is 54.7 Å². The molecule has 0 saturated heterocycles. The average molecular weight is 245 g/mol. The van der Waals surface area contributed by atoms with E-state index in [1.54, 1.807) is 0 Å². The van der Waals surface area contributed by atoms with Crippen molar-refractivity contribution >= 4 is 11.4 Å². The summed E-state index contributed by atoms with van der Waals surface area (Å²) in [4.78, 5) is 2.19. The van der Waals surface area contributed by atoms with Crippen LogP contribution in [0.3, 0.4) is 0 Å². The molecule has 19 heavy (non-hydrogen) atoms. The minimum atomic E-state index is 0.922. The van der Waals surface area contributed by atoms with Crippen molar-refractivity contribution in [2.75, 3.05) is 4.90 Å². The first-order valence-electron chi connectivity index (χ1n) is 6.40. The highest BCUT2D eigenvalue weighted by atomic mass is 15.1. The minimum absolute atomic E-state index is 0.922. The summed E-state index contributed by atoms with van der Waals surface area (Å²) in [6.45, 7) is 2.10. The first kappa shape index (κ1) is 11.6. The van der Waals surface area contributed by atoms with Crippen LogP contribution in [0, 0.1) is 19.3 Å². The van der Waals surface area contributed by atoms with Crippen molar-refractivity contribution in [1.82, 2.24) is 0 Å². The van der Waals surface area contributed by atoms with E-state index < -0.39 is 0 Å². The molecule has 0 saturated carbocycles. The lowest BCUT2D eigenvalue weighted by atomic mass is 10.0. The fourth-order valence-corrected chi connectivity index (χ4v) is 2.35. The average Bonchev–Trinajstić information content (AvgIpc) is 2.47. The predicted octanol–water partition coefficient (Wildman–Crippen LogP) is 4.18. The van der Waals surface area contributed by atoms with Gasteiger partial charge in [-0.15, -0.1) is 6.42 Å². The fraction of sp³-hybridized carbons (Fsp3) is 0.111. The number of hydrogen-bond acceptors (Lipinski definition) is 1. The van der Waals surface area contributed by atoms with Gasteiger partial charge in [0.05, 0.1) is 5.69 Å². The number of allylic oxidation sites excluding steroid dienone is 1. The Kier molecular flexibility index (Phi) is 2.85. The van der Waals surface area contributed by atoms with Gasteiger partial charge in [0.2, 0.25) is 0 Å². The molecule has 92 valence electrons. The standard InChI is InChI=1S/C18H15N/c1-3-15-8-9-16-5-4-12-19(18(16)13-15)17-10-6-14(2)7-11-17/h1,4,6-13H,5H2,2H3. The number of nitrogens with zero attached hydrogens (tertiary/aromatic N) is 1. The Balaban J connectivity index is 2.09. The van der Waals surface area contributed by atoms with Crippen LogP contribution in [0.2, 0.25) is 0 Å². The Bertz CT molecular complexity index is 672. The summed E-state index contributed by atoms with van der Waals surface area (Å²) in [5.41, 5.74) is 5.84. The van der Waals surface area contributed by atoms with Gasteiger partial charge >= 0.3 is 0 Å². The molecule has 1 heteroatoms. The third-order valence-corrected chi connectivity index (χ3v) is 3.42. The van der Waals surface area contributed by atoms with Gasteiger partial charge in [0.1, 0.15) is 0 Å². The van der Waals surface area contributed by atoms with Gasteiger partial charge < -0.3 is 4.90 Å². The molecule has 1 heterocycles. The van der Waals surface area contributed by atoms with Crippen molar-refractivity contribution in [2.24, 2.45) is 0 Å². The maximum Gasteiger partial charge on any atom is 0.0502 e. The molecule has 0 spiro atoms. The number of aryl methyl sites for hydroxylation is 1. The van der Waals surface area contributed by atoms with Crippen LogP contribution >= 0.6 is 0 Å². The van der Waals surface area contributed by atoms with Crippen molar-refractivity contribution in [3.63, 3.8) is 0 Å². The van der Waals surface area contributed by atoms with Crippen LogP contribution < -0.4 is 4.90 Å². The molecular weight excluding hydrogens is 230 g/mol. The van der Waals surface area contributed by atoms with Crippen LogP contribution in [-0.4, -0.2) is 0 Å². The van der Waals surface area contributed by atoms with Gasteiger partial charge in [0, 0.05) is 17.5 Å². The topological polar surface area (TPSA) is 3.24 Å². The molecule has 2 aromatic rings. The molecule has 0 N–H and O–H groups in total. The summed E-state index contributed by atoms with van der Waals surface area (Å²) >= 11 is 0. The molecule has 0 amide bonds. The van der Waals surface area contributed by atoms with Crippen molar-refractivity contribution < 1.29 is 0 Å². The van der Waals surface area contributed by atoms with E-state index in [2.05, 4.69) is 66.4 Å². The lowest BCUT2D eigenvalue weighted by molar-refractivity contribution is 1.13. The second kappa shape index (κ2) is 4.66. The van der Waals surface area contributed by atoms with Gasteiger partial charge in [-0.05, 0) is 43.2 Å². The molecule has 0 aliphatic carbocycles. The van der Waals surface area contributed by atoms with E-state index in [0.717, 1.165) is 17.7 Å². The lowest BCUT2D eigenvalue weighted by Gasteiger charge is -2.27. The molecular formula is C18H15N. The van der Waals surface area contributed by atoms with Crippen molar-refractivity contribution in [2.45, 2.75) is 13.3 Å². The lowest BCUT2D eigenvalue weighted by Crippen LogP contribution is -2.14. The highest BCUT2D eigenvalue weighted by molar-refractivity contribution is 5.72. The molecule has 1 aliphatic rings. The second-order valence-corrected chi connectivity index (χ2v) is 4.78. The molecule has 3 rings (SSSR count). The largest absolute Gasteiger partial charge is 0.317 e. The highest BCUT2D eigenvalue weighted by Crippen LogP contribution is 2.33. The van der Waals surface area contributed by atoms with Gasteiger partial charge in [0.25, 0.3) is 0 Å². The number of fused-ring (bicyclic) bond motifs is 1. The molecule has 0 aromatic heterocycles. The Morgan fingerprint density at radius 1 is 1.11 bits per heavy atom. The zero-order valence-electron chi connectivity index (χ0n) is 10.9. The highest BCUT2D eigenvalue weighted by Gasteiger charge is 2.14. The SMILES string of the molecule is C#Cc1ccc2c(c1)N(c1ccc(C)cc1)C=CC2. The number of rotatable bonds is 1. The first-order chi connectivity index (χ1) is 9.28. The Morgan fingerprint density at radius 3 is 2.63 bits per heavy atom. The van der Waals surface area contributed by atoms with Crippen molar-refractivity contribution in [1.29, 1.82) is 0 Å². The van der Waals surface area contributed by atoms with E-state index in [-0.39, 0.29) is 0 Å². The molecule has 0 radical (unpaired) electrons. The maximum absolute atomic E-state index is 5.50. The number of anilines is 2. The minimum Gasteiger partial charge on any atom is -0.317 e. The molecule has 1 aliphatic heterocycles. The quantitative estimate of drug-likeness (QED) is 0.681. The summed E-state index contributed by atoms with van der Waals surface area (Å²) in [6, 6.07) is 14.7. The molecule has 0 atom stereocenters. The predicted molar refractivity (Wildman–Crippen MR) is 80.5 cm³/mol. The van der Waals surface area contributed by atoms with Crippen LogP contribution in [-0.2, 0) is 6.42 Å². The zero-order valence-corrected chi connectivity index (χ0v) is 10.9. The van der Waals surface area contributed by atoms with Crippen molar-refractivity contribution in [3.05, 3.63) is 71.4 Å². The smallest absolute Gasteiger partial charge is 0.0502 e. The van der Waals surface area contributed by atoms with E-state index in [4.69, 9.17) is 6.42 Å². The van der Waals surface area contributed by atoms with Crippen molar-refractivity contribution in [3.8, 4) is 12.3 Å². The molecule has 0 unspecified atom stereocenters. The first-order valence-corrected chi connectivity index (χ1v) is 6.40. The van der Waals surface area contributed by atoms with Crippen LogP contribution in [0.5, 0.6) is 0 Å². The third-order valence-electron chi connectivity index (χ3n) is 3.42. The van der Waals surface area contributed by atoms with Gasteiger partial charge in [-0.2, -0.15) is 0 Å². The number of terminal acetylenes is 1. The Hall–Kier alpha value is -2.46. The van der Waals surface area contributed by atoms with E-state index in [1.807, 2.05) is 6.07 Å². The third kappa shape index (κ3) is 2.13. The van der Waals surface area contributed by atoms with E-state index >= 15 is 0 Å². The number of hydrogen-bond donors (Lipinski definition) is 0. The fourth-order valence-electron chi connectivity index (χ4n) is 2.35. The zero-order chi connectivity index (χ0) is 13.2. The molecule has 1 nitrogen and oxygen atoms in total. The number of benzene rings is 2. The summed E-state index contributed by atoms with van der Waals surface area (Å²) in [5, 5.41) is 0. The normalized spacial score (nSPS) is 12.9. The second-order valence-electron chi connectivity index (χ2n) is 4.78. The van der Waals surface area contributed by atoms with Crippen LogP contribution in [0.1, 0.15) is 16.7 Å². The van der Waals surface area contributed by atoms with Gasteiger partial charge in [-0.25, -0.2) is 0 Å². The van der Waals surface area contributed by atoms with E-state index in [0.29, 0.717) is 0 Å². The van der Waals surface area contributed by atoms with Gasteiger partial charge in [0.15, 0.2) is 0 Å². The molecule has 2 aromatic carbocycles. The maximum atomic E-state index is 5.50.